The molecule has 1 unspecified atom stereocenters. The SMILES string of the molecule is O=C(C1CC(=O)N(c2cccc(Br)c2)C1)N1CCN(c2ccnc(N3CCCC3)n2)CC1. The number of carbonyl (C=O) groups excluding carboxylic acids is 2. The van der Waals surface area contributed by atoms with Crippen molar-refractivity contribution < 1.29 is 9.59 Å². The van der Waals surface area contributed by atoms with Gasteiger partial charge in [0, 0.05) is 68.6 Å². The molecule has 0 saturated carbocycles. The molecule has 3 aliphatic heterocycles. The molecule has 9 heteroatoms. The average Bonchev–Trinajstić information content (AvgIpc) is 3.49. The van der Waals surface area contributed by atoms with Gasteiger partial charge in [-0.05, 0) is 37.1 Å². The first-order valence-electron chi connectivity index (χ1n) is 11.3. The minimum atomic E-state index is -0.283. The van der Waals surface area contributed by atoms with Crippen LogP contribution >= 0.6 is 15.9 Å². The van der Waals surface area contributed by atoms with E-state index < -0.39 is 0 Å². The van der Waals surface area contributed by atoms with Gasteiger partial charge in [-0.25, -0.2) is 4.98 Å². The highest BCUT2D eigenvalue weighted by Gasteiger charge is 2.38. The Morgan fingerprint density at radius 3 is 2.53 bits per heavy atom. The number of anilines is 3. The van der Waals surface area contributed by atoms with Crippen LogP contribution in [0.2, 0.25) is 0 Å². The summed E-state index contributed by atoms with van der Waals surface area (Å²) in [7, 11) is 0. The van der Waals surface area contributed by atoms with Crippen molar-refractivity contribution in [3.05, 3.63) is 41.0 Å². The molecule has 2 aromatic rings. The molecule has 8 nitrogen and oxygen atoms in total. The monoisotopic (exact) mass is 498 g/mol. The lowest BCUT2D eigenvalue weighted by Crippen LogP contribution is -2.51. The lowest BCUT2D eigenvalue weighted by Gasteiger charge is -2.36. The standard InChI is InChI=1S/C23H27BrN6O2/c24-18-4-3-5-19(15-18)30-16-17(14-21(30)31)22(32)28-12-10-27(11-13-28)20-6-7-25-23(26-20)29-8-1-2-9-29/h3-7,15,17H,1-2,8-14,16H2. The van der Waals surface area contributed by atoms with Crippen molar-refractivity contribution in [3.8, 4) is 0 Å². The van der Waals surface area contributed by atoms with Crippen molar-refractivity contribution in [1.82, 2.24) is 14.9 Å². The topological polar surface area (TPSA) is 72.9 Å². The highest BCUT2D eigenvalue weighted by atomic mass is 79.9. The van der Waals surface area contributed by atoms with E-state index in [1.807, 2.05) is 41.4 Å². The van der Waals surface area contributed by atoms with Crippen LogP contribution in [0.5, 0.6) is 0 Å². The van der Waals surface area contributed by atoms with Crippen molar-refractivity contribution in [2.45, 2.75) is 19.3 Å². The molecule has 0 bridgehead atoms. The smallest absolute Gasteiger partial charge is 0.228 e. The van der Waals surface area contributed by atoms with Crippen LogP contribution in [0.4, 0.5) is 17.5 Å². The number of carbonyl (C=O) groups is 2. The molecule has 3 fully saturated rings. The third kappa shape index (κ3) is 4.30. The van der Waals surface area contributed by atoms with Crippen molar-refractivity contribution in [1.29, 1.82) is 0 Å². The Hall–Kier alpha value is -2.68. The van der Waals surface area contributed by atoms with Gasteiger partial charge in [-0.1, -0.05) is 22.0 Å². The number of nitrogens with zero attached hydrogens (tertiary/aromatic N) is 6. The number of rotatable bonds is 4. The molecule has 0 spiro atoms. The molecule has 0 aliphatic carbocycles. The van der Waals surface area contributed by atoms with E-state index in [2.05, 4.69) is 30.7 Å². The van der Waals surface area contributed by atoms with E-state index in [9.17, 15) is 9.59 Å². The molecular formula is C23H27BrN6O2. The van der Waals surface area contributed by atoms with Crippen molar-refractivity contribution in [2.75, 3.05) is 60.5 Å². The maximum Gasteiger partial charge on any atom is 0.228 e. The van der Waals surface area contributed by atoms with Gasteiger partial charge in [0.2, 0.25) is 17.8 Å². The highest BCUT2D eigenvalue weighted by Crippen LogP contribution is 2.29. The van der Waals surface area contributed by atoms with Crippen LogP contribution in [0, 0.1) is 5.92 Å². The highest BCUT2D eigenvalue weighted by molar-refractivity contribution is 9.10. The first kappa shape index (κ1) is 21.2. The zero-order valence-corrected chi connectivity index (χ0v) is 19.6. The van der Waals surface area contributed by atoms with Crippen molar-refractivity contribution >= 4 is 45.2 Å². The zero-order valence-electron chi connectivity index (χ0n) is 18.0. The summed E-state index contributed by atoms with van der Waals surface area (Å²) in [6, 6.07) is 9.61. The average molecular weight is 499 g/mol. The fraction of sp³-hybridized carbons (Fsp3) is 0.478. The van der Waals surface area contributed by atoms with Gasteiger partial charge in [-0.3, -0.25) is 9.59 Å². The second-order valence-electron chi connectivity index (χ2n) is 8.61. The molecule has 0 N–H and O–H groups in total. The lowest BCUT2D eigenvalue weighted by molar-refractivity contribution is -0.136. The quantitative estimate of drug-likeness (QED) is 0.644. The molecule has 168 valence electrons. The maximum atomic E-state index is 13.1. The third-order valence-electron chi connectivity index (χ3n) is 6.53. The number of benzene rings is 1. The van der Waals surface area contributed by atoms with Gasteiger partial charge in [0.25, 0.3) is 0 Å². The van der Waals surface area contributed by atoms with E-state index in [0.717, 1.165) is 48.1 Å². The van der Waals surface area contributed by atoms with E-state index in [0.29, 0.717) is 19.6 Å². The number of halogens is 1. The number of hydrogen-bond donors (Lipinski definition) is 0. The molecule has 3 saturated heterocycles. The summed E-state index contributed by atoms with van der Waals surface area (Å²) >= 11 is 3.45. The van der Waals surface area contributed by atoms with Gasteiger partial charge in [0.05, 0.1) is 5.92 Å². The molecule has 32 heavy (non-hydrogen) atoms. The minimum absolute atomic E-state index is 0.00973. The lowest BCUT2D eigenvalue weighted by atomic mass is 10.1. The zero-order chi connectivity index (χ0) is 22.1. The van der Waals surface area contributed by atoms with Gasteiger partial charge in [0.15, 0.2) is 0 Å². The summed E-state index contributed by atoms with van der Waals surface area (Å²) in [5.41, 5.74) is 0.835. The second kappa shape index (κ2) is 9.05. The molecule has 4 heterocycles. The van der Waals surface area contributed by atoms with Crippen LogP contribution in [0.3, 0.4) is 0 Å². The summed E-state index contributed by atoms with van der Waals surface area (Å²) in [6.07, 6.45) is 4.48. The normalized spacial score (nSPS) is 21.5. The molecule has 0 radical (unpaired) electrons. The van der Waals surface area contributed by atoms with Gasteiger partial charge in [-0.15, -0.1) is 0 Å². The predicted molar refractivity (Wildman–Crippen MR) is 127 cm³/mol. The summed E-state index contributed by atoms with van der Waals surface area (Å²) in [5.74, 6) is 1.53. The van der Waals surface area contributed by atoms with Crippen LogP contribution < -0.4 is 14.7 Å². The van der Waals surface area contributed by atoms with Gasteiger partial charge >= 0.3 is 0 Å². The number of aromatic nitrogens is 2. The molecule has 5 rings (SSSR count). The molecule has 1 aromatic carbocycles. The fourth-order valence-electron chi connectivity index (χ4n) is 4.77. The Morgan fingerprint density at radius 2 is 1.78 bits per heavy atom. The van der Waals surface area contributed by atoms with Gasteiger partial charge < -0.3 is 19.6 Å². The number of piperazine rings is 1. The molecule has 1 atom stereocenters. The van der Waals surface area contributed by atoms with E-state index in [4.69, 9.17) is 4.98 Å². The Balaban J connectivity index is 1.19. The molecule has 1 aromatic heterocycles. The molecule has 3 aliphatic rings. The Bertz CT molecular complexity index is 1000. The predicted octanol–water partition coefficient (Wildman–Crippen LogP) is 2.54. The van der Waals surface area contributed by atoms with Gasteiger partial charge in [-0.2, -0.15) is 4.98 Å². The first-order chi connectivity index (χ1) is 15.6. The summed E-state index contributed by atoms with van der Waals surface area (Å²) in [5, 5.41) is 0. The maximum absolute atomic E-state index is 13.1. The Labute approximate surface area is 196 Å². The van der Waals surface area contributed by atoms with Crippen LogP contribution in [0.25, 0.3) is 0 Å². The number of amides is 2. The Morgan fingerprint density at radius 1 is 1.00 bits per heavy atom. The number of hydrogen-bond acceptors (Lipinski definition) is 6. The van der Waals surface area contributed by atoms with Crippen molar-refractivity contribution in [3.63, 3.8) is 0 Å². The first-order valence-corrected chi connectivity index (χ1v) is 12.1. The van der Waals surface area contributed by atoms with Gasteiger partial charge in [0.1, 0.15) is 5.82 Å². The van der Waals surface area contributed by atoms with E-state index in [1.54, 1.807) is 4.90 Å². The van der Waals surface area contributed by atoms with Crippen LogP contribution in [0.1, 0.15) is 19.3 Å². The van der Waals surface area contributed by atoms with E-state index in [1.165, 1.54) is 12.8 Å². The Kier molecular flexibility index (Phi) is 5.99. The molecule has 2 amide bonds. The summed E-state index contributed by atoms with van der Waals surface area (Å²) < 4.78 is 0.923. The summed E-state index contributed by atoms with van der Waals surface area (Å²) in [6.45, 7) is 5.23. The van der Waals surface area contributed by atoms with Crippen LogP contribution in [-0.4, -0.2) is 72.5 Å². The molecular weight excluding hydrogens is 472 g/mol. The minimum Gasteiger partial charge on any atom is -0.353 e. The second-order valence-corrected chi connectivity index (χ2v) is 9.52. The van der Waals surface area contributed by atoms with E-state index in [-0.39, 0.29) is 24.2 Å². The van der Waals surface area contributed by atoms with Crippen molar-refractivity contribution in [2.24, 2.45) is 5.92 Å². The largest absolute Gasteiger partial charge is 0.353 e. The third-order valence-corrected chi connectivity index (χ3v) is 7.02. The van der Waals surface area contributed by atoms with E-state index >= 15 is 0 Å². The fourth-order valence-corrected chi connectivity index (χ4v) is 5.15. The summed E-state index contributed by atoms with van der Waals surface area (Å²) in [4.78, 5) is 43.0. The van der Waals surface area contributed by atoms with Crippen LogP contribution in [-0.2, 0) is 9.59 Å². The van der Waals surface area contributed by atoms with Crippen LogP contribution in [0.15, 0.2) is 41.0 Å².